The van der Waals surface area contributed by atoms with Crippen LogP contribution in [0.4, 0.5) is 5.69 Å². The molecule has 5 nitrogen and oxygen atoms in total. The van der Waals surface area contributed by atoms with Crippen molar-refractivity contribution in [2.75, 3.05) is 18.4 Å². The molecule has 5 heteroatoms. The number of anilines is 1. The summed E-state index contributed by atoms with van der Waals surface area (Å²) < 4.78 is 2.05. The highest BCUT2D eigenvalue weighted by molar-refractivity contribution is 5.80. The molecule has 0 fully saturated rings. The molecule has 0 unspecified atom stereocenters. The normalized spacial score (nSPS) is 12.8. The molecule has 1 aromatic carbocycles. The van der Waals surface area contributed by atoms with E-state index in [1.807, 2.05) is 17.7 Å². The number of carbonyl (C=O) groups excluding carboxylic acids is 1. The lowest BCUT2D eigenvalue weighted by Gasteiger charge is -2.12. The number of amides is 1. The molecule has 0 saturated carbocycles. The maximum absolute atomic E-state index is 11.6. The molecule has 1 aliphatic heterocycles. The van der Waals surface area contributed by atoms with Gasteiger partial charge in [-0.05, 0) is 18.9 Å². The highest BCUT2D eigenvalue weighted by Gasteiger charge is 2.17. The van der Waals surface area contributed by atoms with Crippen LogP contribution in [0.25, 0.3) is 11.3 Å². The van der Waals surface area contributed by atoms with Crippen molar-refractivity contribution in [1.82, 2.24) is 14.9 Å². The number of hydrogen-bond donors (Lipinski definition) is 2. The second-order valence-electron chi connectivity index (χ2n) is 5.19. The fraction of sp³-hybridized carbons (Fsp3) is 0.375. The lowest BCUT2D eigenvalue weighted by molar-refractivity contribution is -0.121. The third kappa shape index (κ3) is 2.77. The molecule has 0 bridgehead atoms. The Labute approximate surface area is 124 Å². The van der Waals surface area contributed by atoms with Crippen LogP contribution in [0.2, 0.25) is 0 Å². The van der Waals surface area contributed by atoms with Gasteiger partial charge in [0.05, 0.1) is 18.2 Å². The van der Waals surface area contributed by atoms with Crippen molar-refractivity contribution < 1.29 is 4.79 Å². The van der Waals surface area contributed by atoms with Crippen molar-refractivity contribution in [1.29, 1.82) is 0 Å². The lowest BCUT2D eigenvalue weighted by atomic mass is 10.1. The highest BCUT2D eigenvalue weighted by Crippen LogP contribution is 2.34. The monoisotopic (exact) mass is 284 g/mol. The van der Waals surface area contributed by atoms with Gasteiger partial charge in [-0.25, -0.2) is 4.98 Å². The number of imidazole rings is 1. The molecule has 21 heavy (non-hydrogen) atoms. The Morgan fingerprint density at radius 3 is 3.24 bits per heavy atom. The van der Waals surface area contributed by atoms with Gasteiger partial charge in [0.2, 0.25) is 5.91 Å². The fourth-order valence-corrected chi connectivity index (χ4v) is 2.78. The molecule has 2 aromatic rings. The zero-order valence-electron chi connectivity index (χ0n) is 12.2. The Morgan fingerprint density at radius 2 is 2.38 bits per heavy atom. The quantitative estimate of drug-likeness (QED) is 0.883. The minimum absolute atomic E-state index is 0.0774. The minimum Gasteiger partial charge on any atom is -0.384 e. The number of para-hydroxylation sites is 1. The van der Waals surface area contributed by atoms with E-state index in [2.05, 4.69) is 33.8 Å². The lowest BCUT2D eigenvalue weighted by Crippen LogP contribution is -2.23. The SMILES string of the molecule is CCNC(=O)CCn1cncc1-c1cccc2c1NCC2. The molecule has 0 radical (unpaired) electrons. The van der Waals surface area contributed by atoms with E-state index < -0.39 is 0 Å². The van der Waals surface area contributed by atoms with Crippen LogP contribution in [0.15, 0.2) is 30.7 Å². The summed E-state index contributed by atoms with van der Waals surface area (Å²) >= 11 is 0. The van der Waals surface area contributed by atoms with Gasteiger partial charge in [-0.3, -0.25) is 4.79 Å². The predicted octanol–water partition coefficient (Wildman–Crippen LogP) is 2.04. The zero-order valence-corrected chi connectivity index (χ0v) is 12.2. The van der Waals surface area contributed by atoms with Gasteiger partial charge >= 0.3 is 0 Å². The van der Waals surface area contributed by atoms with E-state index in [1.54, 1.807) is 6.33 Å². The first-order valence-electron chi connectivity index (χ1n) is 7.42. The minimum atomic E-state index is 0.0774. The van der Waals surface area contributed by atoms with Crippen molar-refractivity contribution >= 4 is 11.6 Å². The number of rotatable bonds is 5. The molecular weight excluding hydrogens is 264 g/mol. The van der Waals surface area contributed by atoms with E-state index in [0.29, 0.717) is 19.5 Å². The zero-order chi connectivity index (χ0) is 14.7. The van der Waals surface area contributed by atoms with E-state index in [4.69, 9.17) is 0 Å². The van der Waals surface area contributed by atoms with Crippen molar-refractivity contribution in [3.63, 3.8) is 0 Å². The molecule has 0 aliphatic carbocycles. The van der Waals surface area contributed by atoms with Crippen LogP contribution in [0, 0.1) is 0 Å². The number of nitrogens with one attached hydrogen (secondary N) is 2. The maximum atomic E-state index is 11.6. The maximum Gasteiger partial charge on any atom is 0.221 e. The molecule has 1 aromatic heterocycles. The van der Waals surface area contributed by atoms with Crippen molar-refractivity contribution in [2.45, 2.75) is 26.3 Å². The summed E-state index contributed by atoms with van der Waals surface area (Å²) in [6, 6.07) is 6.35. The number of nitrogens with zero attached hydrogens (tertiary/aromatic N) is 2. The second kappa shape index (κ2) is 5.99. The highest BCUT2D eigenvalue weighted by atomic mass is 16.1. The number of aryl methyl sites for hydroxylation is 1. The summed E-state index contributed by atoms with van der Waals surface area (Å²) in [5.41, 5.74) is 4.78. The molecule has 110 valence electrons. The first-order valence-corrected chi connectivity index (χ1v) is 7.42. The van der Waals surface area contributed by atoms with E-state index in [1.165, 1.54) is 16.8 Å². The number of carbonyl (C=O) groups is 1. The average molecular weight is 284 g/mol. The van der Waals surface area contributed by atoms with Gasteiger partial charge in [0.1, 0.15) is 0 Å². The van der Waals surface area contributed by atoms with Crippen LogP contribution in [0.1, 0.15) is 18.9 Å². The summed E-state index contributed by atoms with van der Waals surface area (Å²) in [6.45, 7) is 4.23. The molecule has 1 amide bonds. The van der Waals surface area contributed by atoms with Crippen molar-refractivity contribution in [3.8, 4) is 11.3 Å². The van der Waals surface area contributed by atoms with E-state index in [9.17, 15) is 4.79 Å². The van der Waals surface area contributed by atoms with Crippen LogP contribution in [-0.4, -0.2) is 28.5 Å². The fourth-order valence-electron chi connectivity index (χ4n) is 2.78. The summed E-state index contributed by atoms with van der Waals surface area (Å²) in [5, 5.41) is 6.27. The predicted molar refractivity (Wildman–Crippen MR) is 83.2 cm³/mol. The Kier molecular flexibility index (Phi) is 3.90. The smallest absolute Gasteiger partial charge is 0.221 e. The number of fused-ring (bicyclic) bond motifs is 1. The van der Waals surface area contributed by atoms with E-state index in [0.717, 1.165) is 18.7 Å². The van der Waals surface area contributed by atoms with Gasteiger partial charge < -0.3 is 15.2 Å². The molecule has 0 saturated heterocycles. The first kappa shape index (κ1) is 13.7. The van der Waals surface area contributed by atoms with Crippen LogP contribution in [0.5, 0.6) is 0 Å². The van der Waals surface area contributed by atoms with Gasteiger partial charge in [0, 0.05) is 37.3 Å². The van der Waals surface area contributed by atoms with Gasteiger partial charge in [0.15, 0.2) is 0 Å². The Bertz CT molecular complexity index is 647. The molecule has 2 N–H and O–H groups in total. The number of hydrogen-bond acceptors (Lipinski definition) is 3. The number of aromatic nitrogens is 2. The standard InChI is InChI=1S/C16H20N4O/c1-2-18-15(21)7-9-20-11-17-10-14(20)13-5-3-4-12-6-8-19-16(12)13/h3-5,10-11,19H,2,6-9H2,1H3,(H,18,21). The van der Waals surface area contributed by atoms with Gasteiger partial charge in [-0.1, -0.05) is 18.2 Å². The van der Waals surface area contributed by atoms with Crippen LogP contribution >= 0.6 is 0 Å². The first-order chi connectivity index (χ1) is 10.3. The molecule has 0 atom stereocenters. The third-order valence-corrected chi connectivity index (χ3v) is 3.79. The average Bonchev–Trinajstić information content (AvgIpc) is 3.13. The molecule has 1 aliphatic rings. The van der Waals surface area contributed by atoms with Gasteiger partial charge in [-0.15, -0.1) is 0 Å². The summed E-state index contributed by atoms with van der Waals surface area (Å²) in [7, 11) is 0. The number of benzene rings is 1. The van der Waals surface area contributed by atoms with E-state index in [-0.39, 0.29) is 5.91 Å². The van der Waals surface area contributed by atoms with Crippen molar-refractivity contribution in [3.05, 3.63) is 36.3 Å². The third-order valence-electron chi connectivity index (χ3n) is 3.79. The summed E-state index contributed by atoms with van der Waals surface area (Å²) in [6.07, 6.45) is 5.20. The van der Waals surface area contributed by atoms with Gasteiger partial charge in [0.25, 0.3) is 0 Å². The topological polar surface area (TPSA) is 59.0 Å². The van der Waals surface area contributed by atoms with Gasteiger partial charge in [-0.2, -0.15) is 0 Å². The van der Waals surface area contributed by atoms with E-state index >= 15 is 0 Å². The molecule has 2 heterocycles. The Hall–Kier alpha value is -2.30. The largest absolute Gasteiger partial charge is 0.384 e. The Morgan fingerprint density at radius 1 is 1.48 bits per heavy atom. The van der Waals surface area contributed by atoms with Crippen LogP contribution < -0.4 is 10.6 Å². The summed E-state index contributed by atoms with van der Waals surface area (Å²) in [5.74, 6) is 0.0774. The summed E-state index contributed by atoms with van der Waals surface area (Å²) in [4.78, 5) is 15.9. The Balaban J connectivity index is 1.83. The van der Waals surface area contributed by atoms with Crippen LogP contribution in [-0.2, 0) is 17.8 Å². The van der Waals surface area contributed by atoms with Crippen LogP contribution in [0.3, 0.4) is 0 Å². The molecule has 3 rings (SSSR count). The molecular formula is C16H20N4O. The van der Waals surface area contributed by atoms with Crippen molar-refractivity contribution in [2.24, 2.45) is 0 Å². The molecule has 0 spiro atoms. The second-order valence-corrected chi connectivity index (χ2v) is 5.19.